The van der Waals surface area contributed by atoms with E-state index >= 15 is 0 Å². The first-order valence-corrected chi connectivity index (χ1v) is 7.05. The van der Waals surface area contributed by atoms with Gasteiger partial charge < -0.3 is 10.4 Å². The predicted molar refractivity (Wildman–Crippen MR) is 81.4 cm³/mol. The van der Waals surface area contributed by atoms with Crippen molar-refractivity contribution in [2.75, 3.05) is 0 Å². The zero-order chi connectivity index (χ0) is 14.4. The van der Waals surface area contributed by atoms with Crippen LogP contribution in [-0.4, -0.2) is 22.2 Å². The van der Waals surface area contributed by atoms with Gasteiger partial charge in [-0.05, 0) is 37.5 Å². The molecule has 0 saturated carbocycles. The van der Waals surface area contributed by atoms with E-state index in [1.54, 1.807) is 6.20 Å². The number of nitrogens with one attached hydrogen (secondary N) is 1. The molecule has 106 valence electrons. The average Bonchev–Trinajstić information content (AvgIpc) is 2.49. The lowest BCUT2D eigenvalue weighted by atomic mass is 10.0. The number of aromatic nitrogens is 1. The zero-order valence-corrected chi connectivity index (χ0v) is 12.0. The molecule has 1 aromatic heterocycles. The molecule has 1 aromatic carbocycles. The maximum atomic E-state index is 10.3. The standard InChI is InChI=1S/C17H22N2O/c1-13(16-9-6-10-18-12-16)19-14(2)17(20)11-15-7-4-3-5-8-15/h3-10,12-14,17,19-20H,11H2,1-2H3. The summed E-state index contributed by atoms with van der Waals surface area (Å²) in [5.74, 6) is 0. The van der Waals surface area contributed by atoms with E-state index in [-0.39, 0.29) is 12.1 Å². The number of nitrogens with zero attached hydrogens (tertiary/aromatic N) is 1. The third-order valence-electron chi connectivity index (χ3n) is 3.56. The van der Waals surface area contributed by atoms with Gasteiger partial charge >= 0.3 is 0 Å². The van der Waals surface area contributed by atoms with Crippen molar-refractivity contribution in [3.05, 3.63) is 66.0 Å². The summed E-state index contributed by atoms with van der Waals surface area (Å²) in [7, 11) is 0. The Bertz CT molecular complexity index is 501. The van der Waals surface area contributed by atoms with Gasteiger partial charge in [0.05, 0.1) is 6.10 Å². The van der Waals surface area contributed by atoms with Crippen molar-refractivity contribution >= 4 is 0 Å². The smallest absolute Gasteiger partial charge is 0.0730 e. The van der Waals surface area contributed by atoms with Crippen LogP contribution in [0.2, 0.25) is 0 Å². The van der Waals surface area contributed by atoms with Crippen LogP contribution in [0.1, 0.15) is 31.0 Å². The number of hydrogen-bond donors (Lipinski definition) is 2. The molecule has 1 heterocycles. The van der Waals surface area contributed by atoms with Gasteiger partial charge in [0.25, 0.3) is 0 Å². The summed E-state index contributed by atoms with van der Waals surface area (Å²) in [4.78, 5) is 4.12. The van der Waals surface area contributed by atoms with Crippen molar-refractivity contribution in [1.29, 1.82) is 0 Å². The molecule has 0 saturated heterocycles. The Balaban J connectivity index is 1.89. The van der Waals surface area contributed by atoms with Crippen LogP contribution in [0.4, 0.5) is 0 Å². The summed E-state index contributed by atoms with van der Waals surface area (Å²) in [5, 5.41) is 13.7. The molecule has 2 aromatic rings. The fourth-order valence-electron chi connectivity index (χ4n) is 2.27. The fourth-order valence-corrected chi connectivity index (χ4v) is 2.27. The quantitative estimate of drug-likeness (QED) is 0.848. The minimum atomic E-state index is -0.406. The van der Waals surface area contributed by atoms with Crippen LogP contribution >= 0.6 is 0 Å². The molecule has 20 heavy (non-hydrogen) atoms. The lowest BCUT2D eigenvalue weighted by molar-refractivity contribution is 0.129. The highest BCUT2D eigenvalue weighted by Gasteiger charge is 2.17. The van der Waals surface area contributed by atoms with Gasteiger partial charge in [-0.1, -0.05) is 36.4 Å². The number of aliphatic hydroxyl groups excluding tert-OH is 1. The Kier molecular flexibility index (Phi) is 5.27. The molecular weight excluding hydrogens is 248 g/mol. The molecule has 0 radical (unpaired) electrons. The van der Waals surface area contributed by atoms with Gasteiger partial charge in [-0.25, -0.2) is 0 Å². The maximum Gasteiger partial charge on any atom is 0.0730 e. The molecule has 0 amide bonds. The van der Waals surface area contributed by atoms with Crippen molar-refractivity contribution in [3.8, 4) is 0 Å². The number of rotatable bonds is 6. The first kappa shape index (κ1) is 14.7. The van der Waals surface area contributed by atoms with Gasteiger partial charge in [-0.2, -0.15) is 0 Å². The molecule has 3 nitrogen and oxygen atoms in total. The largest absolute Gasteiger partial charge is 0.391 e. The van der Waals surface area contributed by atoms with Crippen molar-refractivity contribution < 1.29 is 5.11 Å². The van der Waals surface area contributed by atoms with Gasteiger partial charge in [0.1, 0.15) is 0 Å². The van der Waals surface area contributed by atoms with Gasteiger partial charge in [0, 0.05) is 24.5 Å². The Labute approximate surface area is 120 Å². The van der Waals surface area contributed by atoms with Gasteiger partial charge in [0.15, 0.2) is 0 Å². The van der Waals surface area contributed by atoms with E-state index in [0.29, 0.717) is 6.42 Å². The van der Waals surface area contributed by atoms with Crippen molar-refractivity contribution in [3.63, 3.8) is 0 Å². The summed E-state index contributed by atoms with van der Waals surface area (Å²) in [5.41, 5.74) is 2.29. The number of hydrogen-bond acceptors (Lipinski definition) is 3. The molecule has 0 aliphatic rings. The lowest BCUT2D eigenvalue weighted by Crippen LogP contribution is -2.39. The number of pyridine rings is 1. The van der Waals surface area contributed by atoms with Gasteiger partial charge in [-0.3, -0.25) is 4.98 Å². The average molecular weight is 270 g/mol. The summed E-state index contributed by atoms with van der Waals surface area (Å²) >= 11 is 0. The van der Waals surface area contributed by atoms with Crippen LogP contribution in [0, 0.1) is 0 Å². The molecule has 2 rings (SSSR count). The Morgan fingerprint density at radius 2 is 1.85 bits per heavy atom. The topological polar surface area (TPSA) is 45.1 Å². The van der Waals surface area contributed by atoms with Crippen LogP contribution in [0.3, 0.4) is 0 Å². The van der Waals surface area contributed by atoms with Crippen LogP contribution in [0.15, 0.2) is 54.9 Å². The predicted octanol–water partition coefficient (Wildman–Crippen LogP) is 2.72. The highest BCUT2D eigenvalue weighted by Crippen LogP contribution is 2.13. The first-order chi connectivity index (χ1) is 9.66. The second kappa shape index (κ2) is 7.17. The highest BCUT2D eigenvalue weighted by atomic mass is 16.3. The van der Waals surface area contributed by atoms with Crippen molar-refractivity contribution in [1.82, 2.24) is 10.3 Å². The second-order valence-electron chi connectivity index (χ2n) is 5.22. The minimum Gasteiger partial charge on any atom is -0.391 e. The molecular formula is C17H22N2O. The number of benzene rings is 1. The third-order valence-corrected chi connectivity index (χ3v) is 3.56. The molecule has 0 aliphatic carbocycles. The van der Waals surface area contributed by atoms with E-state index in [0.717, 1.165) is 11.1 Å². The minimum absolute atomic E-state index is 0.0189. The number of aliphatic hydroxyl groups is 1. The van der Waals surface area contributed by atoms with Gasteiger partial charge in [0.2, 0.25) is 0 Å². The molecule has 0 spiro atoms. The summed E-state index contributed by atoms with van der Waals surface area (Å²) in [6.07, 6.45) is 3.88. The molecule has 3 heteroatoms. The Morgan fingerprint density at radius 1 is 1.10 bits per heavy atom. The molecule has 2 N–H and O–H groups in total. The Hall–Kier alpha value is -1.71. The molecule has 3 unspecified atom stereocenters. The van der Waals surface area contributed by atoms with E-state index in [1.165, 1.54) is 0 Å². The molecule has 0 fully saturated rings. The summed E-state index contributed by atoms with van der Waals surface area (Å²) in [6.45, 7) is 4.10. The normalized spacial score (nSPS) is 15.6. The lowest BCUT2D eigenvalue weighted by Gasteiger charge is -2.24. The van der Waals surface area contributed by atoms with Crippen LogP contribution < -0.4 is 5.32 Å². The monoisotopic (exact) mass is 270 g/mol. The van der Waals surface area contributed by atoms with Gasteiger partial charge in [-0.15, -0.1) is 0 Å². The van der Waals surface area contributed by atoms with E-state index in [4.69, 9.17) is 0 Å². The van der Waals surface area contributed by atoms with E-state index in [9.17, 15) is 5.11 Å². The van der Waals surface area contributed by atoms with E-state index in [1.807, 2.05) is 55.6 Å². The first-order valence-electron chi connectivity index (χ1n) is 7.05. The van der Waals surface area contributed by atoms with Crippen molar-refractivity contribution in [2.24, 2.45) is 0 Å². The third kappa shape index (κ3) is 4.15. The van der Waals surface area contributed by atoms with E-state index < -0.39 is 6.10 Å². The summed E-state index contributed by atoms with van der Waals surface area (Å²) < 4.78 is 0. The van der Waals surface area contributed by atoms with E-state index in [2.05, 4.69) is 17.2 Å². The maximum absolute atomic E-state index is 10.3. The molecule has 3 atom stereocenters. The van der Waals surface area contributed by atoms with Crippen LogP contribution in [0.5, 0.6) is 0 Å². The molecule has 0 bridgehead atoms. The Morgan fingerprint density at radius 3 is 2.50 bits per heavy atom. The zero-order valence-electron chi connectivity index (χ0n) is 12.0. The highest BCUT2D eigenvalue weighted by molar-refractivity contribution is 5.16. The van der Waals surface area contributed by atoms with Crippen LogP contribution in [0.25, 0.3) is 0 Å². The SMILES string of the molecule is CC(NC(C)C(O)Cc1ccccc1)c1cccnc1. The summed E-state index contributed by atoms with van der Waals surface area (Å²) in [6, 6.07) is 14.2. The van der Waals surface area contributed by atoms with Crippen molar-refractivity contribution in [2.45, 2.75) is 38.5 Å². The molecule has 0 aliphatic heterocycles. The fraction of sp³-hybridized carbons (Fsp3) is 0.353. The second-order valence-corrected chi connectivity index (χ2v) is 5.22. The van der Waals surface area contributed by atoms with Crippen LogP contribution in [-0.2, 0) is 6.42 Å².